The summed E-state index contributed by atoms with van der Waals surface area (Å²) >= 11 is 3.08. The largest absolute Gasteiger partial charge is 0.573 e. The van der Waals surface area contributed by atoms with Crippen LogP contribution in [0.4, 0.5) is 18.9 Å². The molecule has 19 heavy (non-hydrogen) atoms. The molecule has 1 atom stereocenters. The molecule has 0 bridgehead atoms. The molecule has 1 aliphatic rings. The van der Waals surface area contributed by atoms with Gasteiger partial charge in [-0.2, -0.15) is 0 Å². The molecule has 1 aliphatic carbocycles. The Morgan fingerprint density at radius 3 is 2.68 bits per heavy atom. The second-order valence-corrected chi connectivity index (χ2v) is 5.16. The van der Waals surface area contributed by atoms with E-state index in [0.29, 0.717) is 0 Å². The maximum atomic E-state index is 12.1. The van der Waals surface area contributed by atoms with E-state index in [1.807, 2.05) is 0 Å². The van der Waals surface area contributed by atoms with Crippen molar-refractivity contribution in [3.05, 3.63) is 34.8 Å². The molecule has 0 saturated carbocycles. The molecule has 2 rings (SSSR count). The van der Waals surface area contributed by atoms with Gasteiger partial charge in [-0.05, 0) is 53.4 Å². The second kappa shape index (κ2) is 5.86. The van der Waals surface area contributed by atoms with Gasteiger partial charge in [0.25, 0.3) is 0 Å². The zero-order valence-electron chi connectivity index (χ0n) is 10.0. The molecule has 0 aromatic heterocycles. The molecule has 1 aromatic rings. The van der Waals surface area contributed by atoms with Crippen molar-refractivity contribution in [3.8, 4) is 5.75 Å². The summed E-state index contributed by atoms with van der Waals surface area (Å²) in [5, 5.41) is 3.26. The number of anilines is 1. The van der Waals surface area contributed by atoms with E-state index in [4.69, 9.17) is 0 Å². The zero-order valence-corrected chi connectivity index (χ0v) is 11.6. The number of hydrogen-bond acceptors (Lipinski definition) is 2. The Bertz CT molecular complexity index is 473. The standard InChI is InChI=1S/C13H13BrF3NO/c14-11-8-10(18-9-4-2-1-3-5-9)6-7-12(11)19-13(15,16)17/h2,4,6-9,18H,1,3,5H2. The van der Waals surface area contributed by atoms with Crippen molar-refractivity contribution in [1.82, 2.24) is 0 Å². The van der Waals surface area contributed by atoms with Crippen molar-refractivity contribution < 1.29 is 17.9 Å². The van der Waals surface area contributed by atoms with Crippen LogP contribution in [0.25, 0.3) is 0 Å². The van der Waals surface area contributed by atoms with Crippen molar-refractivity contribution in [3.63, 3.8) is 0 Å². The van der Waals surface area contributed by atoms with Gasteiger partial charge in [-0.25, -0.2) is 0 Å². The minimum Gasteiger partial charge on any atom is -0.405 e. The molecule has 0 spiro atoms. The average Bonchev–Trinajstić information content (AvgIpc) is 2.33. The normalized spacial score (nSPS) is 19.3. The quantitative estimate of drug-likeness (QED) is 0.796. The third-order valence-electron chi connectivity index (χ3n) is 2.76. The minimum atomic E-state index is -4.68. The summed E-state index contributed by atoms with van der Waals surface area (Å²) in [7, 11) is 0. The summed E-state index contributed by atoms with van der Waals surface area (Å²) in [5.74, 6) is -0.239. The predicted octanol–water partition coefficient (Wildman–Crippen LogP) is 4.87. The molecule has 2 nitrogen and oxygen atoms in total. The molecule has 0 saturated heterocycles. The Morgan fingerprint density at radius 1 is 1.32 bits per heavy atom. The summed E-state index contributed by atoms with van der Waals surface area (Å²) in [5.41, 5.74) is 0.762. The van der Waals surface area contributed by atoms with Crippen LogP contribution in [-0.2, 0) is 0 Å². The van der Waals surface area contributed by atoms with Gasteiger partial charge >= 0.3 is 6.36 Å². The lowest BCUT2D eigenvalue weighted by Crippen LogP contribution is -2.19. The molecule has 0 amide bonds. The van der Waals surface area contributed by atoms with Crippen molar-refractivity contribution in [2.45, 2.75) is 31.7 Å². The molecule has 1 unspecified atom stereocenters. The van der Waals surface area contributed by atoms with Crippen molar-refractivity contribution in [2.75, 3.05) is 5.32 Å². The molecule has 1 N–H and O–H groups in total. The molecule has 104 valence electrons. The zero-order chi connectivity index (χ0) is 13.9. The van der Waals surface area contributed by atoms with E-state index in [1.165, 1.54) is 6.07 Å². The third kappa shape index (κ3) is 4.45. The first-order valence-electron chi connectivity index (χ1n) is 5.92. The third-order valence-corrected chi connectivity index (χ3v) is 3.38. The highest BCUT2D eigenvalue weighted by molar-refractivity contribution is 9.10. The maximum absolute atomic E-state index is 12.1. The Morgan fingerprint density at radius 2 is 2.11 bits per heavy atom. The molecule has 6 heteroatoms. The lowest BCUT2D eigenvalue weighted by atomic mass is 10.0. The Balaban J connectivity index is 2.06. The lowest BCUT2D eigenvalue weighted by molar-refractivity contribution is -0.274. The van der Waals surface area contributed by atoms with Crippen LogP contribution >= 0.6 is 15.9 Å². The van der Waals surface area contributed by atoms with Crippen LogP contribution in [0.3, 0.4) is 0 Å². The fraction of sp³-hybridized carbons (Fsp3) is 0.385. The highest BCUT2D eigenvalue weighted by Gasteiger charge is 2.31. The van der Waals surface area contributed by atoms with Crippen LogP contribution in [0.15, 0.2) is 34.8 Å². The summed E-state index contributed by atoms with van der Waals surface area (Å²) in [4.78, 5) is 0. The van der Waals surface area contributed by atoms with Gasteiger partial charge in [-0.15, -0.1) is 13.2 Å². The van der Waals surface area contributed by atoms with E-state index in [0.717, 1.165) is 24.9 Å². The number of benzene rings is 1. The van der Waals surface area contributed by atoms with Gasteiger partial charge in [0, 0.05) is 11.7 Å². The molecule has 0 heterocycles. The van der Waals surface area contributed by atoms with Gasteiger partial charge in [0.15, 0.2) is 0 Å². The number of alkyl halides is 3. The molecule has 1 aromatic carbocycles. The summed E-state index contributed by atoms with van der Waals surface area (Å²) in [6.45, 7) is 0. The average molecular weight is 336 g/mol. The smallest absolute Gasteiger partial charge is 0.405 e. The van der Waals surface area contributed by atoms with E-state index in [-0.39, 0.29) is 16.3 Å². The molecule has 0 radical (unpaired) electrons. The first-order valence-corrected chi connectivity index (χ1v) is 6.72. The van der Waals surface area contributed by atoms with E-state index in [9.17, 15) is 13.2 Å². The number of allylic oxidation sites excluding steroid dienone is 1. The molecular formula is C13H13BrF3NO. The van der Waals surface area contributed by atoms with Gasteiger partial charge in [-0.1, -0.05) is 12.2 Å². The van der Waals surface area contributed by atoms with Crippen LogP contribution < -0.4 is 10.1 Å². The van der Waals surface area contributed by atoms with E-state index >= 15 is 0 Å². The summed E-state index contributed by atoms with van der Waals surface area (Å²) in [6, 6.07) is 4.69. The monoisotopic (exact) mass is 335 g/mol. The minimum absolute atomic E-state index is 0.232. The number of halogens is 4. The number of rotatable bonds is 3. The van der Waals surface area contributed by atoms with Gasteiger partial charge < -0.3 is 10.1 Å². The lowest BCUT2D eigenvalue weighted by Gasteiger charge is -2.20. The van der Waals surface area contributed by atoms with Crippen LogP contribution in [-0.4, -0.2) is 12.4 Å². The van der Waals surface area contributed by atoms with Gasteiger partial charge in [0.2, 0.25) is 0 Å². The van der Waals surface area contributed by atoms with E-state index in [2.05, 4.69) is 38.1 Å². The van der Waals surface area contributed by atoms with E-state index in [1.54, 1.807) is 12.1 Å². The highest BCUT2D eigenvalue weighted by atomic mass is 79.9. The SMILES string of the molecule is FC(F)(F)Oc1ccc(NC2C=CCCC2)cc1Br. The molecule has 0 fully saturated rings. The first kappa shape index (κ1) is 14.2. The topological polar surface area (TPSA) is 21.3 Å². The number of nitrogens with one attached hydrogen (secondary N) is 1. The number of ether oxygens (including phenoxy) is 1. The summed E-state index contributed by atoms with van der Waals surface area (Å²) < 4.78 is 40.5. The first-order chi connectivity index (χ1) is 8.94. The fourth-order valence-electron chi connectivity index (χ4n) is 1.94. The molecule has 0 aliphatic heterocycles. The summed E-state index contributed by atoms with van der Waals surface area (Å²) in [6.07, 6.45) is 2.73. The van der Waals surface area contributed by atoms with Gasteiger partial charge in [0.1, 0.15) is 5.75 Å². The van der Waals surface area contributed by atoms with Gasteiger partial charge in [0.05, 0.1) is 4.47 Å². The van der Waals surface area contributed by atoms with Crippen LogP contribution in [0.1, 0.15) is 19.3 Å². The fourth-order valence-corrected chi connectivity index (χ4v) is 2.40. The Hall–Kier alpha value is -1.17. The predicted molar refractivity (Wildman–Crippen MR) is 71.2 cm³/mol. The number of hydrogen-bond donors (Lipinski definition) is 1. The van der Waals surface area contributed by atoms with Crippen molar-refractivity contribution in [2.24, 2.45) is 0 Å². The highest BCUT2D eigenvalue weighted by Crippen LogP contribution is 2.32. The van der Waals surface area contributed by atoms with E-state index < -0.39 is 6.36 Å². The van der Waals surface area contributed by atoms with Crippen LogP contribution in [0.2, 0.25) is 0 Å². The van der Waals surface area contributed by atoms with Crippen LogP contribution in [0, 0.1) is 0 Å². The van der Waals surface area contributed by atoms with Crippen molar-refractivity contribution >= 4 is 21.6 Å². The second-order valence-electron chi connectivity index (χ2n) is 4.30. The van der Waals surface area contributed by atoms with Crippen LogP contribution in [0.5, 0.6) is 5.75 Å². The van der Waals surface area contributed by atoms with Crippen molar-refractivity contribution in [1.29, 1.82) is 0 Å². The Labute approximate surface area is 117 Å². The van der Waals surface area contributed by atoms with Gasteiger partial charge in [-0.3, -0.25) is 0 Å². The Kier molecular flexibility index (Phi) is 4.39. The molecular weight excluding hydrogens is 323 g/mol. The maximum Gasteiger partial charge on any atom is 0.573 e.